The van der Waals surface area contributed by atoms with E-state index in [2.05, 4.69) is 48.8 Å². The summed E-state index contributed by atoms with van der Waals surface area (Å²) in [7, 11) is 0. The Morgan fingerprint density at radius 1 is 1.26 bits per heavy atom. The van der Waals surface area contributed by atoms with Gasteiger partial charge in [0.25, 0.3) is 0 Å². The van der Waals surface area contributed by atoms with Gasteiger partial charge in [-0.15, -0.1) is 0 Å². The molecule has 2 unspecified atom stereocenters. The van der Waals surface area contributed by atoms with Crippen molar-refractivity contribution in [1.82, 2.24) is 19.2 Å². The van der Waals surface area contributed by atoms with Gasteiger partial charge in [-0.2, -0.15) is 5.10 Å². The van der Waals surface area contributed by atoms with Gasteiger partial charge in [0.2, 0.25) is 5.91 Å². The molecule has 23 heavy (non-hydrogen) atoms. The highest BCUT2D eigenvalue weighted by Crippen LogP contribution is 2.25. The van der Waals surface area contributed by atoms with Crippen LogP contribution in [0.2, 0.25) is 0 Å². The number of aryl methyl sites for hydroxylation is 3. The second kappa shape index (κ2) is 6.22. The molecular formula is C18H26N4O. The zero-order valence-electron chi connectivity index (χ0n) is 14.5. The van der Waals surface area contributed by atoms with Gasteiger partial charge >= 0.3 is 0 Å². The second-order valence-corrected chi connectivity index (χ2v) is 6.74. The molecule has 1 aliphatic heterocycles. The van der Waals surface area contributed by atoms with Crippen LogP contribution < -0.4 is 0 Å². The number of aromatic nitrogens is 3. The molecule has 0 radical (unpaired) electrons. The Labute approximate surface area is 137 Å². The minimum atomic E-state index is -0.150. The molecule has 5 heteroatoms. The summed E-state index contributed by atoms with van der Waals surface area (Å²) in [4.78, 5) is 15.0. The topological polar surface area (TPSA) is 43.1 Å². The minimum absolute atomic E-state index is 0.150. The van der Waals surface area contributed by atoms with Gasteiger partial charge < -0.3 is 9.47 Å². The molecule has 1 saturated heterocycles. The summed E-state index contributed by atoms with van der Waals surface area (Å²) in [6, 6.07) is 4.29. The molecule has 124 valence electrons. The normalized spacial score (nSPS) is 19.8. The summed E-state index contributed by atoms with van der Waals surface area (Å²) in [6.07, 6.45) is 6.07. The lowest BCUT2D eigenvalue weighted by Crippen LogP contribution is -2.43. The first kappa shape index (κ1) is 15.8. The van der Waals surface area contributed by atoms with E-state index in [0.29, 0.717) is 6.04 Å². The fourth-order valence-corrected chi connectivity index (χ4v) is 3.67. The third kappa shape index (κ3) is 3.05. The molecule has 1 amide bonds. The van der Waals surface area contributed by atoms with Crippen molar-refractivity contribution in [2.45, 2.75) is 52.6 Å². The molecule has 0 saturated carbocycles. The lowest BCUT2D eigenvalue weighted by Gasteiger charge is -2.35. The van der Waals surface area contributed by atoms with Gasteiger partial charge in [0, 0.05) is 30.7 Å². The predicted molar refractivity (Wildman–Crippen MR) is 90.4 cm³/mol. The summed E-state index contributed by atoms with van der Waals surface area (Å²) >= 11 is 0. The Morgan fingerprint density at radius 3 is 2.57 bits per heavy atom. The molecule has 2 aromatic rings. The van der Waals surface area contributed by atoms with Crippen molar-refractivity contribution in [3.63, 3.8) is 0 Å². The van der Waals surface area contributed by atoms with Crippen LogP contribution in [0.25, 0.3) is 0 Å². The van der Waals surface area contributed by atoms with Crippen molar-refractivity contribution in [2.24, 2.45) is 0 Å². The largest absolute Gasteiger partial charge is 0.339 e. The van der Waals surface area contributed by atoms with Crippen molar-refractivity contribution in [3.05, 3.63) is 41.5 Å². The number of hydrogen-bond donors (Lipinski definition) is 0. The van der Waals surface area contributed by atoms with Crippen molar-refractivity contribution in [2.75, 3.05) is 13.1 Å². The Hall–Kier alpha value is -2.04. The van der Waals surface area contributed by atoms with Crippen LogP contribution >= 0.6 is 0 Å². The van der Waals surface area contributed by atoms with Crippen LogP contribution in [-0.2, 0) is 4.79 Å². The molecule has 2 aromatic heterocycles. The van der Waals surface area contributed by atoms with Gasteiger partial charge in [-0.05, 0) is 58.2 Å². The van der Waals surface area contributed by atoms with E-state index in [0.717, 1.165) is 37.3 Å². The monoisotopic (exact) mass is 314 g/mol. The number of nitrogens with zero attached hydrogens (tertiary/aromatic N) is 4. The quantitative estimate of drug-likeness (QED) is 0.874. The van der Waals surface area contributed by atoms with Crippen molar-refractivity contribution in [1.29, 1.82) is 0 Å². The maximum absolute atomic E-state index is 13.0. The number of carbonyl (C=O) groups excluding carboxylic acids is 1. The first-order chi connectivity index (χ1) is 11.0. The first-order valence-electron chi connectivity index (χ1n) is 8.41. The SMILES string of the molecule is Cc1cnn(C2CCCN(C(=O)C(C)n3c(C)ccc3C)C2)c1. The summed E-state index contributed by atoms with van der Waals surface area (Å²) in [5.41, 5.74) is 3.44. The van der Waals surface area contributed by atoms with Crippen LogP contribution in [0.5, 0.6) is 0 Å². The molecule has 1 fully saturated rings. The van der Waals surface area contributed by atoms with Crippen molar-refractivity contribution in [3.8, 4) is 0 Å². The maximum atomic E-state index is 13.0. The van der Waals surface area contributed by atoms with Crippen LogP contribution in [-0.4, -0.2) is 38.2 Å². The molecule has 3 heterocycles. The minimum Gasteiger partial charge on any atom is -0.339 e. The Kier molecular flexibility index (Phi) is 4.28. The fraction of sp³-hybridized carbons (Fsp3) is 0.556. The van der Waals surface area contributed by atoms with Gasteiger partial charge in [-0.3, -0.25) is 9.48 Å². The molecule has 1 aliphatic rings. The van der Waals surface area contributed by atoms with E-state index < -0.39 is 0 Å². The van der Waals surface area contributed by atoms with Crippen LogP contribution in [0.15, 0.2) is 24.5 Å². The number of hydrogen-bond acceptors (Lipinski definition) is 2. The number of piperidine rings is 1. The van der Waals surface area contributed by atoms with Gasteiger partial charge in [0.05, 0.1) is 12.2 Å². The zero-order valence-corrected chi connectivity index (χ0v) is 14.5. The molecule has 0 spiro atoms. The van der Waals surface area contributed by atoms with Crippen LogP contribution in [0.3, 0.4) is 0 Å². The first-order valence-corrected chi connectivity index (χ1v) is 8.41. The smallest absolute Gasteiger partial charge is 0.245 e. The Bertz CT molecular complexity index is 680. The summed E-state index contributed by atoms with van der Waals surface area (Å²) in [6.45, 7) is 9.77. The third-order valence-electron chi connectivity index (χ3n) is 4.88. The van der Waals surface area contributed by atoms with Crippen molar-refractivity contribution >= 4 is 5.91 Å². The number of amides is 1. The van der Waals surface area contributed by atoms with E-state index >= 15 is 0 Å². The highest BCUT2D eigenvalue weighted by Gasteiger charge is 2.29. The number of carbonyl (C=O) groups is 1. The highest BCUT2D eigenvalue weighted by molar-refractivity contribution is 5.80. The number of likely N-dealkylation sites (tertiary alicyclic amines) is 1. The lowest BCUT2D eigenvalue weighted by atomic mass is 10.0. The van der Waals surface area contributed by atoms with Crippen LogP contribution in [0, 0.1) is 20.8 Å². The maximum Gasteiger partial charge on any atom is 0.245 e. The molecule has 5 nitrogen and oxygen atoms in total. The van der Waals surface area contributed by atoms with E-state index in [1.165, 1.54) is 5.56 Å². The van der Waals surface area contributed by atoms with E-state index in [4.69, 9.17) is 0 Å². The fourth-order valence-electron chi connectivity index (χ4n) is 3.67. The Balaban J connectivity index is 1.74. The van der Waals surface area contributed by atoms with Gasteiger partial charge in [-0.1, -0.05) is 0 Å². The highest BCUT2D eigenvalue weighted by atomic mass is 16.2. The van der Waals surface area contributed by atoms with E-state index in [-0.39, 0.29) is 11.9 Å². The van der Waals surface area contributed by atoms with E-state index in [1.54, 1.807) is 0 Å². The van der Waals surface area contributed by atoms with Gasteiger partial charge in [0.1, 0.15) is 6.04 Å². The van der Waals surface area contributed by atoms with E-state index in [9.17, 15) is 4.79 Å². The molecule has 0 bridgehead atoms. The number of rotatable bonds is 3. The summed E-state index contributed by atoms with van der Waals surface area (Å²) in [5, 5.41) is 4.43. The zero-order chi connectivity index (χ0) is 16.6. The van der Waals surface area contributed by atoms with Crippen LogP contribution in [0.4, 0.5) is 0 Å². The molecule has 2 atom stereocenters. The second-order valence-electron chi connectivity index (χ2n) is 6.74. The molecule has 0 N–H and O–H groups in total. The third-order valence-corrected chi connectivity index (χ3v) is 4.88. The van der Waals surface area contributed by atoms with Crippen molar-refractivity contribution < 1.29 is 4.79 Å². The molecular weight excluding hydrogens is 288 g/mol. The van der Waals surface area contributed by atoms with E-state index in [1.807, 2.05) is 22.7 Å². The molecule has 0 aliphatic carbocycles. The average Bonchev–Trinajstić information content (AvgIpc) is 3.12. The van der Waals surface area contributed by atoms with Crippen LogP contribution in [0.1, 0.15) is 48.8 Å². The summed E-state index contributed by atoms with van der Waals surface area (Å²) in [5.74, 6) is 0.209. The van der Waals surface area contributed by atoms with Gasteiger partial charge in [0.15, 0.2) is 0 Å². The standard InChI is InChI=1S/C18H26N4O/c1-13-10-19-21(11-13)17-6-5-9-20(12-17)18(23)16(4)22-14(2)7-8-15(22)3/h7-8,10-11,16-17H,5-6,9,12H2,1-4H3. The summed E-state index contributed by atoms with van der Waals surface area (Å²) < 4.78 is 4.15. The van der Waals surface area contributed by atoms with Gasteiger partial charge in [-0.25, -0.2) is 0 Å². The molecule has 0 aromatic carbocycles. The average molecular weight is 314 g/mol. The Morgan fingerprint density at radius 2 is 1.96 bits per heavy atom. The predicted octanol–water partition coefficient (Wildman–Crippen LogP) is 3.03. The lowest BCUT2D eigenvalue weighted by molar-refractivity contribution is -0.136. The molecule has 3 rings (SSSR count).